The molecule has 2 N–H and O–H groups in total. The van der Waals surface area contributed by atoms with E-state index in [0.29, 0.717) is 0 Å². The van der Waals surface area contributed by atoms with E-state index in [-0.39, 0.29) is 10.8 Å². The average molecular weight is 302 g/mol. The van der Waals surface area contributed by atoms with Crippen LogP contribution in [0.25, 0.3) is 0 Å². The molecule has 1 heterocycles. The molecular weight excluding hydrogens is 272 g/mol. The molecule has 0 saturated heterocycles. The van der Waals surface area contributed by atoms with Gasteiger partial charge in [-0.2, -0.15) is 15.3 Å². The highest BCUT2D eigenvalue weighted by Gasteiger charge is 2.24. The van der Waals surface area contributed by atoms with E-state index < -0.39 is 0 Å². The predicted octanol–water partition coefficient (Wildman–Crippen LogP) is 4.23. The normalized spacial score (nSPS) is 14.3. The molecule has 0 bridgehead atoms. The summed E-state index contributed by atoms with van der Waals surface area (Å²) < 4.78 is 0. The van der Waals surface area contributed by atoms with Crippen molar-refractivity contribution in [3.8, 4) is 0 Å². The SMILES string of the molecule is CCC/C(=C\C(=N/N)C(C)(C)C)CC(C)(C)c1ccnnc1. The maximum absolute atomic E-state index is 5.60. The van der Waals surface area contributed by atoms with Crippen LogP contribution in [0.4, 0.5) is 0 Å². The Morgan fingerprint density at radius 3 is 2.36 bits per heavy atom. The van der Waals surface area contributed by atoms with Crippen molar-refractivity contribution >= 4 is 5.71 Å². The van der Waals surface area contributed by atoms with E-state index in [1.54, 1.807) is 6.20 Å². The van der Waals surface area contributed by atoms with Gasteiger partial charge in [0.25, 0.3) is 0 Å². The third kappa shape index (κ3) is 5.24. The molecule has 4 nitrogen and oxygen atoms in total. The molecule has 0 atom stereocenters. The molecule has 4 heteroatoms. The highest BCUT2D eigenvalue weighted by atomic mass is 15.1. The van der Waals surface area contributed by atoms with Crippen molar-refractivity contribution < 1.29 is 0 Å². The van der Waals surface area contributed by atoms with Crippen LogP contribution in [0.5, 0.6) is 0 Å². The van der Waals surface area contributed by atoms with Crippen molar-refractivity contribution in [1.29, 1.82) is 0 Å². The minimum atomic E-state index is -0.0455. The molecule has 0 aliphatic carbocycles. The standard InChI is InChI=1S/C18H30N4/c1-7-8-14(11-16(22-19)17(2,3)4)12-18(5,6)15-9-10-20-21-13-15/h9-11,13H,7-8,12,19H2,1-6H3/b14-11+,22-16+. The smallest absolute Gasteiger partial charge is 0.0653 e. The van der Waals surface area contributed by atoms with Crippen LogP contribution in [-0.4, -0.2) is 15.9 Å². The monoisotopic (exact) mass is 302 g/mol. The molecule has 0 radical (unpaired) electrons. The lowest BCUT2D eigenvalue weighted by molar-refractivity contribution is 0.505. The van der Waals surface area contributed by atoms with E-state index in [9.17, 15) is 0 Å². The molecular formula is C18H30N4. The second-order valence-electron chi connectivity index (χ2n) is 7.51. The van der Waals surface area contributed by atoms with Gasteiger partial charge in [-0.15, -0.1) is 0 Å². The lowest BCUT2D eigenvalue weighted by Crippen LogP contribution is -2.22. The Kier molecular flexibility index (Phi) is 6.27. The van der Waals surface area contributed by atoms with Crippen molar-refractivity contribution in [2.24, 2.45) is 16.4 Å². The van der Waals surface area contributed by atoms with E-state index in [4.69, 9.17) is 5.84 Å². The lowest BCUT2D eigenvalue weighted by Gasteiger charge is -2.27. The first-order valence-electron chi connectivity index (χ1n) is 7.95. The van der Waals surface area contributed by atoms with E-state index in [2.05, 4.69) is 62.9 Å². The van der Waals surface area contributed by atoms with Crippen LogP contribution in [0.2, 0.25) is 0 Å². The zero-order valence-electron chi connectivity index (χ0n) is 14.8. The first-order valence-corrected chi connectivity index (χ1v) is 7.95. The number of hydrogen-bond donors (Lipinski definition) is 1. The Hall–Kier alpha value is -1.71. The summed E-state index contributed by atoms with van der Waals surface area (Å²) in [5, 5.41) is 11.9. The molecule has 0 aliphatic heterocycles. The molecule has 0 unspecified atom stereocenters. The third-order valence-electron chi connectivity index (χ3n) is 3.85. The van der Waals surface area contributed by atoms with Crippen LogP contribution in [0, 0.1) is 5.41 Å². The third-order valence-corrected chi connectivity index (χ3v) is 3.85. The second kappa shape index (κ2) is 7.52. The Morgan fingerprint density at radius 2 is 1.91 bits per heavy atom. The van der Waals surface area contributed by atoms with Gasteiger partial charge in [0.2, 0.25) is 0 Å². The van der Waals surface area contributed by atoms with Gasteiger partial charge in [-0.3, -0.25) is 0 Å². The Morgan fingerprint density at radius 1 is 1.23 bits per heavy atom. The maximum atomic E-state index is 5.60. The van der Waals surface area contributed by atoms with Gasteiger partial charge in [-0.05, 0) is 36.0 Å². The van der Waals surface area contributed by atoms with Gasteiger partial charge in [0.05, 0.1) is 11.9 Å². The number of hydrazone groups is 1. The first-order chi connectivity index (χ1) is 10.2. The van der Waals surface area contributed by atoms with Crippen molar-refractivity contribution in [2.75, 3.05) is 0 Å². The number of nitrogens with two attached hydrogens (primary N) is 1. The van der Waals surface area contributed by atoms with E-state index in [1.165, 1.54) is 11.1 Å². The molecule has 0 saturated carbocycles. The molecule has 1 aromatic heterocycles. The van der Waals surface area contributed by atoms with E-state index >= 15 is 0 Å². The topological polar surface area (TPSA) is 64.2 Å². The summed E-state index contributed by atoms with van der Waals surface area (Å²) in [6.07, 6.45) is 8.91. The van der Waals surface area contributed by atoms with Crippen LogP contribution in [0.1, 0.15) is 66.4 Å². The van der Waals surface area contributed by atoms with Crippen LogP contribution in [0.3, 0.4) is 0 Å². The summed E-state index contributed by atoms with van der Waals surface area (Å²) in [5.74, 6) is 5.60. The van der Waals surface area contributed by atoms with Gasteiger partial charge in [-0.25, -0.2) is 0 Å². The highest BCUT2D eigenvalue weighted by molar-refractivity contribution is 5.99. The number of allylic oxidation sites excluding steroid dienone is 2. The van der Waals surface area contributed by atoms with Gasteiger partial charge in [0, 0.05) is 11.6 Å². The number of rotatable bonds is 6. The fraction of sp³-hybridized carbons (Fsp3) is 0.611. The number of aromatic nitrogens is 2. The van der Waals surface area contributed by atoms with Crippen molar-refractivity contribution in [3.63, 3.8) is 0 Å². The molecule has 0 aromatic carbocycles. The van der Waals surface area contributed by atoms with Crippen LogP contribution in [0.15, 0.2) is 35.2 Å². The number of hydrogen-bond acceptors (Lipinski definition) is 4. The maximum Gasteiger partial charge on any atom is 0.0653 e. The first kappa shape index (κ1) is 18.3. The average Bonchev–Trinajstić information content (AvgIpc) is 2.44. The Bertz CT molecular complexity index is 522. The van der Waals surface area contributed by atoms with Crippen LogP contribution >= 0.6 is 0 Å². The highest BCUT2D eigenvalue weighted by Crippen LogP contribution is 2.32. The second-order valence-corrected chi connectivity index (χ2v) is 7.51. The van der Waals surface area contributed by atoms with Crippen LogP contribution < -0.4 is 5.84 Å². The summed E-state index contributed by atoms with van der Waals surface area (Å²) in [6.45, 7) is 13.1. The van der Waals surface area contributed by atoms with Crippen molar-refractivity contribution in [1.82, 2.24) is 10.2 Å². The lowest BCUT2D eigenvalue weighted by atomic mass is 9.78. The summed E-state index contributed by atoms with van der Waals surface area (Å²) in [6, 6.07) is 2.04. The van der Waals surface area contributed by atoms with Crippen molar-refractivity contribution in [2.45, 2.75) is 66.2 Å². The van der Waals surface area contributed by atoms with Crippen LogP contribution in [-0.2, 0) is 5.41 Å². The van der Waals surface area contributed by atoms with Gasteiger partial charge < -0.3 is 5.84 Å². The van der Waals surface area contributed by atoms with Gasteiger partial charge in [0.15, 0.2) is 0 Å². The minimum absolute atomic E-state index is 0.00847. The zero-order valence-corrected chi connectivity index (χ0v) is 14.8. The van der Waals surface area contributed by atoms with Gasteiger partial charge >= 0.3 is 0 Å². The fourth-order valence-corrected chi connectivity index (χ4v) is 2.53. The summed E-state index contributed by atoms with van der Waals surface area (Å²) in [7, 11) is 0. The fourth-order valence-electron chi connectivity index (χ4n) is 2.53. The van der Waals surface area contributed by atoms with Crippen molar-refractivity contribution in [3.05, 3.63) is 35.7 Å². The summed E-state index contributed by atoms with van der Waals surface area (Å²) >= 11 is 0. The largest absolute Gasteiger partial charge is 0.323 e. The van der Waals surface area contributed by atoms with E-state index in [0.717, 1.165) is 25.0 Å². The zero-order chi connectivity index (χ0) is 16.8. The molecule has 0 amide bonds. The Labute approximate surface area is 134 Å². The summed E-state index contributed by atoms with van der Waals surface area (Å²) in [4.78, 5) is 0. The van der Waals surface area contributed by atoms with Gasteiger partial charge in [0.1, 0.15) is 0 Å². The molecule has 122 valence electrons. The Balaban J connectivity index is 3.07. The molecule has 22 heavy (non-hydrogen) atoms. The van der Waals surface area contributed by atoms with Gasteiger partial charge in [-0.1, -0.05) is 53.5 Å². The summed E-state index contributed by atoms with van der Waals surface area (Å²) in [5.41, 5.74) is 3.49. The predicted molar refractivity (Wildman–Crippen MR) is 93.7 cm³/mol. The quantitative estimate of drug-likeness (QED) is 0.486. The van der Waals surface area contributed by atoms with E-state index in [1.807, 2.05) is 12.3 Å². The number of nitrogens with zero attached hydrogens (tertiary/aromatic N) is 3. The molecule has 1 rings (SSSR count). The molecule has 0 spiro atoms. The minimum Gasteiger partial charge on any atom is -0.323 e. The molecule has 1 aromatic rings. The molecule has 0 fully saturated rings. The molecule has 0 aliphatic rings.